The van der Waals surface area contributed by atoms with Crippen LogP contribution >= 0.6 is 23.3 Å². The van der Waals surface area contributed by atoms with Crippen molar-refractivity contribution in [2.24, 2.45) is 5.73 Å². The summed E-state index contributed by atoms with van der Waals surface area (Å²) in [6.45, 7) is 4.20. The van der Waals surface area contributed by atoms with Gasteiger partial charge in [-0.1, -0.05) is 43.8 Å². The second-order valence-electron chi connectivity index (χ2n) is 4.41. The van der Waals surface area contributed by atoms with E-state index in [0.29, 0.717) is 0 Å². The number of rotatable bonds is 6. The van der Waals surface area contributed by atoms with Crippen molar-refractivity contribution in [1.82, 2.24) is 9.36 Å². The third-order valence-corrected chi connectivity index (χ3v) is 4.85. The lowest BCUT2D eigenvalue weighted by molar-refractivity contribution is 0.641. The number of aryl methyl sites for hydroxylation is 1. The van der Waals surface area contributed by atoms with Gasteiger partial charge >= 0.3 is 0 Å². The lowest BCUT2D eigenvalue weighted by Gasteiger charge is -2.11. The van der Waals surface area contributed by atoms with Gasteiger partial charge < -0.3 is 5.73 Å². The maximum Gasteiger partial charge on any atom is 0.174 e. The molecule has 0 spiro atoms. The van der Waals surface area contributed by atoms with E-state index in [1.54, 1.807) is 11.8 Å². The molecule has 1 heterocycles. The number of hydrogen-bond acceptors (Lipinski definition) is 5. The molecule has 0 aliphatic heterocycles. The van der Waals surface area contributed by atoms with E-state index in [9.17, 15) is 0 Å². The van der Waals surface area contributed by atoms with Crippen molar-refractivity contribution in [2.75, 3.05) is 0 Å². The van der Waals surface area contributed by atoms with Crippen LogP contribution < -0.4 is 5.73 Å². The van der Waals surface area contributed by atoms with Gasteiger partial charge in [0.15, 0.2) is 4.34 Å². The molecule has 102 valence electrons. The van der Waals surface area contributed by atoms with Gasteiger partial charge in [-0.15, -0.1) is 0 Å². The van der Waals surface area contributed by atoms with Gasteiger partial charge in [0.25, 0.3) is 0 Å². The van der Waals surface area contributed by atoms with E-state index in [-0.39, 0.29) is 6.04 Å². The Morgan fingerprint density at radius 1 is 1.32 bits per heavy atom. The Labute approximate surface area is 122 Å². The first kappa shape index (κ1) is 14.5. The van der Waals surface area contributed by atoms with Crippen LogP contribution in [0.5, 0.6) is 0 Å². The largest absolute Gasteiger partial charge is 0.327 e. The molecule has 0 fully saturated rings. The normalized spacial score (nSPS) is 12.6. The highest BCUT2D eigenvalue weighted by atomic mass is 32.2. The fourth-order valence-electron chi connectivity index (χ4n) is 1.72. The minimum Gasteiger partial charge on any atom is -0.327 e. The zero-order chi connectivity index (χ0) is 13.7. The first-order valence-corrected chi connectivity index (χ1v) is 8.15. The van der Waals surface area contributed by atoms with E-state index in [1.165, 1.54) is 22.0 Å². The third kappa shape index (κ3) is 4.03. The Hall–Kier alpha value is -0.910. The topological polar surface area (TPSA) is 51.8 Å². The molecule has 1 aromatic heterocycles. The van der Waals surface area contributed by atoms with Gasteiger partial charge in [-0.3, -0.25) is 0 Å². The molecular formula is C14H19N3S2. The Balaban J connectivity index is 2.15. The van der Waals surface area contributed by atoms with Crippen molar-refractivity contribution in [3.8, 4) is 0 Å². The van der Waals surface area contributed by atoms with Crippen molar-refractivity contribution >= 4 is 23.3 Å². The van der Waals surface area contributed by atoms with Crippen LogP contribution in [0.4, 0.5) is 0 Å². The summed E-state index contributed by atoms with van der Waals surface area (Å²) < 4.78 is 5.33. The maximum absolute atomic E-state index is 6.06. The van der Waals surface area contributed by atoms with Crippen molar-refractivity contribution < 1.29 is 0 Å². The van der Waals surface area contributed by atoms with Gasteiger partial charge in [0.2, 0.25) is 0 Å². The second-order valence-corrected chi connectivity index (χ2v) is 6.45. The number of benzene rings is 1. The van der Waals surface area contributed by atoms with Gasteiger partial charge in [0, 0.05) is 17.4 Å². The van der Waals surface area contributed by atoms with Gasteiger partial charge in [-0.2, -0.15) is 4.37 Å². The van der Waals surface area contributed by atoms with Crippen molar-refractivity contribution in [1.29, 1.82) is 0 Å². The van der Waals surface area contributed by atoms with E-state index in [0.717, 1.165) is 29.4 Å². The summed E-state index contributed by atoms with van der Waals surface area (Å²) in [4.78, 5) is 5.74. The van der Waals surface area contributed by atoms with Crippen LogP contribution in [0.2, 0.25) is 0 Å². The minimum absolute atomic E-state index is 0.224. The molecule has 0 saturated heterocycles. The predicted octanol–water partition coefficient (Wildman–Crippen LogP) is 3.53. The molecule has 0 saturated carbocycles. The van der Waals surface area contributed by atoms with E-state index < -0.39 is 0 Å². The molecule has 1 unspecified atom stereocenters. The van der Waals surface area contributed by atoms with E-state index >= 15 is 0 Å². The molecule has 3 nitrogen and oxygen atoms in total. The Morgan fingerprint density at radius 2 is 2.11 bits per heavy atom. The predicted molar refractivity (Wildman–Crippen MR) is 81.8 cm³/mol. The maximum atomic E-state index is 6.06. The van der Waals surface area contributed by atoms with Crippen molar-refractivity contribution in [3.63, 3.8) is 0 Å². The minimum atomic E-state index is 0.224. The van der Waals surface area contributed by atoms with Crippen LogP contribution in [0.15, 0.2) is 33.5 Å². The summed E-state index contributed by atoms with van der Waals surface area (Å²) in [5.41, 5.74) is 7.36. The number of hydrogen-bond donors (Lipinski definition) is 1. The molecule has 2 aromatic rings. The average molecular weight is 293 g/mol. The highest BCUT2D eigenvalue weighted by Gasteiger charge is 2.10. The first-order valence-electron chi connectivity index (χ1n) is 6.56. The van der Waals surface area contributed by atoms with E-state index in [2.05, 4.69) is 47.5 Å². The first-order chi connectivity index (χ1) is 9.22. The SMILES string of the molecule is CCc1nsc(Sc2ccccc2CC(N)CC)n1. The highest BCUT2D eigenvalue weighted by Crippen LogP contribution is 2.32. The molecule has 2 N–H and O–H groups in total. The summed E-state index contributed by atoms with van der Waals surface area (Å²) in [7, 11) is 0. The van der Waals surface area contributed by atoms with Crippen LogP contribution in [-0.4, -0.2) is 15.4 Å². The number of nitrogens with zero attached hydrogens (tertiary/aromatic N) is 2. The summed E-state index contributed by atoms with van der Waals surface area (Å²) in [6, 6.07) is 8.64. The smallest absolute Gasteiger partial charge is 0.174 e. The van der Waals surface area contributed by atoms with Crippen LogP contribution in [0.1, 0.15) is 31.7 Å². The molecule has 0 radical (unpaired) electrons. The lowest BCUT2D eigenvalue weighted by atomic mass is 10.1. The van der Waals surface area contributed by atoms with Crippen LogP contribution in [-0.2, 0) is 12.8 Å². The van der Waals surface area contributed by atoms with E-state index in [4.69, 9.17) is 5.73 Å². The zero-order valence-corrected chi connectivity index (χ0v) is 12.9. The quantitative estimate of drug-likeness (QED) is 0.885. The van der Waals surface area contributed by atoms with Crippen molar-refractivity contribution in [2.45, 2.75) is 48.4 Å². The Morgan fingerprint density at radius 3 is 2.79 bits per heavy atom. The molecule has 1 aromatic carbocycles. The molecule has 1 atom stereocenters. The average Bonchev–Trinajstić information content (AvgIpc) is 2.88. The zero-order valence-electron chi connectivity index (χ0n) is 11.3. The van der Waals surface area contributed by atoms with Gasteiger partial charge in [-0.05, 0) is 36.0 Å². The summed E-state index contributed by atoms with van der Waals surface area (Å²) in [5.74, 6) is 0.926. The summed E-state index contributed by atoms with van der Waals surface area (Å²) in [5, 5.41) is 0. The van der Waals surface area contributed by atoms with Gasteiger partial charge in [0.1, 0.15) is 5.82 Å². The summed E-state index contributed by atoms with van der Waals surface area (Å²) >= 11 is 3.17. The highest BCUT2D eigenvalue weighted by molar-refractivity contribution is 8.01. The molecule has 19 heavy (non-hydrogen) atoms. The second kappa shape index (κ2) is 7.03. The number of aromatic nitrogens is 2. The molecular weight excluding hydrogens is 274 g/mol. The lowest BCUT2D eigenvalue weighted by Crippen LogP contribution is -2.21. The molecule has 2 rings (SSSR count). The van der Waals surface area contributed by atoms with Crippen LogP contribution in [0.25, 0.3) is 0 Å². The van der Waals surface area contributed by atoms with Gasteiger partial charge in [-0.25, -0.2) is 4.98 Å². The molecule has 0 bridgehead atoms. The molecule has 0 aliphatic carbocycles. The number of nitrogens with two attached hydrogens (primary N) is 1. The molecule has 0 amide bonds. The van der Waals surface area contributed by atoms with Crippen LogP contribution in [0, 0.1) is 0 Å². The Kier molecular flexibility index (Phi) is 5.36. The molecule has 5 heteroatoms. The van der Waals surface area contributed by atoms with Gasteiger partial charge in [0.05, 0.1) is 0 Å². The monoisotopic (exact) mass is 293 g/mol. The fraction of sp³-hybridized carbons (Fsp3) is 0.429. The third-order valence-electron chi connectivity index (χ3n) is 2.94. The standard InChI is InChI=1S/C14H19N3S2/c1-3-11(15)9-10-7-5-6-8-12(10)18-14-16-13(4-2)17-19-14/h5-8,11H,3-4,9,15H2,1-2H3. The van der Waals surface area contributed by atoms with E-state index in [1.807, 2.05) is 0 Å². The molecule has 0 aliphatic rings. The fourth-order valence-corrected chi connectivity index (χ4v) is 3.51. The van der Waals surface area contributed by atoms with Crippen LogP contribution in [0.3, 0.4) is 0 Å². The van der Waals surface area contributed by atoms with Crippen molar-refractivity contribution in [3.05, 3.63) is 35.7 Å². The Bertz CT molecular complexity index is 525. The summed E-state index contributed by atoms with van der Waals surface area (Å²) in [6.07, 6.45) is 2.80.